The Labute approximate surface area is 191 Å². The Morgan fingerprint density at radius 3 is 2.32 bits per heavy atom. The zero-order valence-electron chi connectivity index (χ0n) is 17.9. The molecule has 1 aromatic heterocycles. The Kier molecular flexibility index (Phi) is 6.59. The number of anilines is 1. The van der Waals surface area contributed by atoms with Crippen molar-refractivity contribution in [3.8, 4) is 5.75 Å². The van der Waals surface area contributed by atoms with E-state index in [1.54, 1.807) is 29.2 Å². The molecule has 9 nitrogen and oxygen atoms in total. The van der Waals surface area contributed by atoms with Gasteiger partial charge in [-0.1, -0.05) is 12.1 Å². The second-order valence-corrected chi connectivity index (χ2v) is 7.70. The Morgan fingerprint density at radius 2 is 1.65 bits per heavy atom. The van der Waals surface area contributed by atoms with Gasteiger partial charge in [-0.25, -0.2) is 4.79 Å². The SMILES string of the molecule is O=C(CN1CCN(C(=O)Cn2c(=O)oc3ccccc32)CC1)Nc1ccc(OC(F)(F)F)cc1. The Morgan fingerprint density at radius 1 is 0.971 bits per heavy atom. The van der Waals surface area contributed by atoms with E-state index in [0.717, 1.165) is 12.1 Å². The number of oxazole rings is 1. The van der Waals surface area contributed by atoms with Crippen LogP contribution in [0.15, 0.2) is 57.7 Å². The lowest BCUT2D eigenvalue weighted by molar-refractivity contribution is -0.274. The number of piperazine rings is 1. The number of fused-ring (bicyclic) bond motifs is 1. The molecule has 0 atom stereocenters. The van der Waals surface area contributed by atoms with E-state index in [4.69, 9.17) is 4.42 Å². The smallest absolute Gasteiger partial charge is 0.408 e. The Hall–Kier alpha value is -3.80. The van der Waals surface area contributed by atoms with Crippen LogP contribution in [0.25, 0.3) is 11.1 Å². The van der Waals surface area contributed by atoms with Gasteiger partial charge in [0, 0.05) is 31.9 Å². The second-order valence-electron chi connectivity index (χ2n) is 7.70. The van der Waals surface area contributed by atoms with Crippen LogP contribution in [-0.2, 0) is 16.1 Å². The van der Waals surface area contributed by atoms with Gasteiger partial charge in [0.2, 0.25) is 11.8 Å². The topological polar surface area (TPSA) is 97.0 Å². The maximum Gasteiger partial charge on any atom is 0.573 e. The number of hydrogen-bond acceptors (Lipinski definition) is 6. The number of benzene rings is 2. The average Bonchev–Trinajstić information content (AvgIpc) is 3.09. The van der Waals surface area contributed by atoms with Gasteiger partial charge in [0.15, 0.2) is 5.58 Å². The summed E-state index contributed by atoms with van der Waals surface area (Å²) in [5.74, 6) is -1.53. The van der Waals surface area contributed by atoms with Crippen LogP contribution in [0.2, 0.25) is 0 Å². The van der Waals surface area contributed by atoms with Crippen molar-refractivity contribution in [2.24, 2.45) is 0 Å². The first-order valence-corrected chi connectivity index (χ1v) is 10.4. The number of ether oxygens (including phenoxy) is 1. The van der Waals surface area contributed by atoms with Crippen LogP contribution in [0.3, 0.4) is 0 Å². The van der Waals surface area contributed by atoms with E-state index in [-0.39, 0.29) is 30.7 Å². The monoisotopic (exact) mass is 478 g/mol. The molecule has 0 saturated carbocycles. The quantitative estimate of drug-likeness (QED) is 0.584. The molecule has 4 rings (SSSR count). The van der Waals surface area contributed by atoms with Gasteiger partial charge >= 0.3 is 12.1 Å². The van der Waals surface area contributed by atoms with Crippen molar-refractivity contribution in [3.05, 3.63) is 59.1 Å². The van der Waals surface area contributed by atoms with Gasteiger partial charge in [0.1, 0.15) is 12.3 Å². The standard InChI is InChI=1S/C22H21F3N4O5/c23-22(24,25)34-16-7-5-15(6-8-16)26-19(30)13-27-9-11-28(12-10-27)20(31)14-29-17-3-1-2-4-18(17)33-21(29)32/h1-8H,9-14H2,(H,26,30). The highest BCUT2D eigenvalue weighted by atomic mass is 19.4. The number of halogens is 3. The number of nitrogens with one attached hydrogen (secondary N) is 1. The molecule has 2 aromatic carbocycles. The zero-order chi connectivity index (χ0) is 24.3. The molecule has 12 heteroatoms. The van der Waals surface area contributed by atoms with Crippen LogP contribution in [0.4, 0.5) is 18.9 Å². The van der Waals surface area contributed by atoms with Crippen molar-refractivity contribution >= 4 is 28.6 Å². The third-order valence-corrected chi connectivity index (χ3v) is 5.33. The number of carbonyl (C=O) groups excluding carboxylic acids is 2. The fraction of sp³-hybridized carbons (Fsp3) is 0.318. The first kappa shape index (κ1) is 23.4. The van der Waals surface area contributed by atoms with Crippen molar-refractivity contribution in [2.45, 2.75) is 12.9 Å². The molecule has 0 unspecified atom stereocenters. The molecule has 2 amide bonds. The fourth-order valence-electron chi connectivity index (χ4n) is 3.70. The third-order valence-electron chi connectivity index (χ3n) is 5.33. The molecule has 180 valence electrons. The third kappa shape index (κ3) is 5.76. The first-order valence-electron chi connectivity index (χ1n) is 10.4. The number of carbonyl (C=O) groups is 2. The Bertz CT molecular complexity index is 1230. The lowest BCUT2D eigenvalue weighted by Crippen LogP contribution is -2.51. The van der Waals surface area contributed by atoms with E-state index in [1.165, 1.54) is 16.7 Å². The Balaban J connectivity index is 1.25. The normalized spacial score (nSPS) is 14.9. The van der Waals surface area contributed by atoms with Gasteiger partial charge in [-0.3, -0.25) is 19.1 Å². The van der Waals surface area contributed by atoms with Crippen molar-refractivity contribution in [3.63, 3.8) is 0 Å². The van der Waals surface area contributed by atoms with Crippen LogP contribution in [0.5, 0.6) is 5.75 Å². The van der Waals surface area contributed by atoms with Gasteiger partial charge in [0.25, 0.3) is 0 Å². The summed E-state index contributed by atoms with van der Waals surface area (Å²) < 4.78 is 46.9. The number of rotatable bonds is 6. The largest absolute Gasteiger partial charge is 0.573 e. The minimum Gasteiger partial charge on any atom is -0.408 e. The van der Waals surface area contributed by atoms with E-state index >= 15 is 0 Å². The molecule has 0 radical (unpaired) electrons. The molecule has 1 fully saturated rings. The number of nitrogens with zero attached hydrogens (tertiary/aromatic N) is 3. The van der Waals surface area contributed by atoms with Gasteiger partial charge in [-0.2, -0.15) is 0 Å². The van der Waals surface area contributed by atoms with Crippen molar-refractivity contribution < 1.29 is 31.9 Å². The molecule has 0 spiro atoms. The summed E-state index contributed by atoms with van der Waals surface area (Å²) >= 11 is 0. The minimum absolute atomic E-state index is 0.0641. The summed E-state index contributed by atoms with van der Waals surface area (Å²) in [7, 11) is 0. The van der Waals surface area contributed by atoms with Gasteiger partial charge < -0.3 is 19.4 Å². The molecule has 1 aliphatic rings. The molecule has 1 N–H and O–H groups in total. The number of para-hydroxylation sites is 2. The van der Waals surface area contributed by atoms with Crippen molar-refractivity contribution in [1.29, 1.82) is 0 Å². The summed E-state index contributed by atoms with van der Waals surface area (Å²) in [5, 5.41) is 2.62. The minimum atomic E-state index is -4.78. The maximum absolute atomic E-state index is 12.7. The molecule has 3 aromatic rings. The van der Waals surface area contributed by atoms with E-state index in [9.17, 15) is 27.6 Å². The highest BCUT2D eigenvalue weighted by Gasteiger charge is 2.31. The summed E-state index contributed by atoms with van der Waals surface area (Å²) in [6.45, 7) is 1.62. The second kappa shape index (κ2) is 9.59. The molecule has 1 saturated heterocycles. The molecule has 34 heavy (non-hydrogen) atoms. The summed E-state index contributed by atoms with van der Waals surface area (Å²) in [4.78, 5) is 40.5. The number of hydrogen-bond donors (Lipinski definition) is 1. The van der Waals surface area contributed by atoms with E-state index in [0.29, 0.717) is 43.0 Å². The zero-order valence-corrected chi connectivity index (χ0v) is 17.9. The highest BCUT2D eigenvalue weighted by molar-refractivity contribution is 5.92. The molecular weight excluding hydrogens is 457 g/mol. The highest BCUT2D eigenvalue weighted by Crippen LogP contribution is 2.24. The van der Waals surface area contributed by atoms with Crippen molar-refractivity contribution in [2.75, 3.05) is 38.0 Å². The van der Waals surface area contributed by atoms with Crippen molar-refractivity contribution in [1.82, 2.24) is 14.4 Å². The maximum atomic E-state index is 12.7. The first-order chi connectivity index (χ1) is 16.2. The van der Waals surface area contributed by atoms with Gasteiger partial charge in [-0.15, -0.1) is 13.2 Å². The van der Waals surface area contributed by atoms with E-state index in [1.807, 2.05) is 4.90 Å². The predicted octanol–water partition coefficient (Wildman–Crippen LogP) is 2.28. The molecule has 0 bridgehead atoms. The summed E-state index contributed by atoms with van der Waals surface area (Å²) in [6, 6.07) is 11.7. The summed E-state index contributed by atoms with van der Waals surface area (Å²) in [5.41, 5.74) is 1.30. The molecular formula is C22H21F3N4O5. The van der Waals surface area contributed by atoms with E-state index < -0.39 is 12.1 Å². The number of aromatic nitrogens is 1. The van der Waals surface area contributed by atoms with Crippen LogP contribution in [-0.4, -0.2) is 65.3 Å². The van der Waals surface area contributed by atoms with Crippen LogP contribution in [0.1, 0.15) is 0 Å². The summed E-state index contributed by atoms with van der Waals surface area (Å²) in [6.07, 6.45) is -4.78. The molecule has 0 aliphatic carbocycles. The fourth-order valence-corrected chi connectivity index (χ4v) is 3.70. The van der Waals surface area contributed by atoms with Crippen LogP contribution in [0, 0.1) is 0 Å². The molecule has 2 heterocycles. The van der Waals surface area contributed by atoms with Crippen LogP contribution < -0.4 is 15.8 Å². The van der Waals surface area contributed by atoms with Crippen LogP contribution >= 0.6 is 0 Å². The van der Waals surface area contributed by atoms with Gasteiger partial charge in [-0.05, 0) is 36.4 Å². The average molecular weight is 478 g/mol. The lowest BCUT2D eigenvalue weighted by Gasteiger charge is -2.34. The predicted molar refractivity (Wildman–Crippen MR) is 115 cm³/mol. The van der Waals surface area contributed by atoms with E-state index in [2.05, 4.69) is 10.1 Å². The lowest BCUT2D eigenvalue weighted by atomic mass is 10.2. The molecule has 1 aliphatic heterocycles. The number of alkyl halides is 3. The number of amides is 2. The van der Waals surface area contributed by atoms with Gasteiger partial charge in [0.05, 0.1) is 12.1 Å².